The Labute approximate surface area is 112 Å². The van der Waals surface area contributed by atoms with Gasteiger partial charge in [0.2, 0.25) is 0 Å². The fourth-order valence-corrected chi connectivity index (χ4v) is 3.08. The molecule has 5 heteroatoms. The van der Waals surface area contributed by atoms with Gasteiger partial charge in [-0.05, 0) is 43.5 Å². The highest BCUT2D eigenvalue weighted by Crippen LogP contribution is 2.27. The third kappa shape index (κ3) is 4.96. The molecule has 0 bridgehead atoms. The lowest BCUT2D eigenvalue weighted by Crippen LogP contribution is -2.11. The Morgan fingerprint density at radius 1 is 1.19 bits per heavy atom. The first-order valence-corrected chi connectivity index (χ1v) is 10.4. The van der Waals surface area contributed by atoms with E-state index in [0.29, 0.717) is 12.7 Å². The minimum atomic E-state index is -2.48. The molecule has 0 atom stereocenters. The molecule has 0 amide bonds. The number of benzene rings is 1. The molecule has 1 rings (SSSR count). The molecule has 0 unspecified atom stereocenters. The highest BCUT2D eigenvalue weighted by atomic mass is 35.8. The van der Waals surface area contributed by atoms with Crippen LogP contribution < -0.4 is 4.74 Å². The van der Waals surface area contributed by atoms with Crippen LogP contribution in [-0.2, 0) is 0 Å². The van der Waals surface area contributed by atoms with E-state index in [2.05, 4.69) is 13.0 Å². The molecule has 0 aliphatic carbocycles. The van der Waals surface area contributed by atoms with Crippen molar-refractivity contribution in [1.29, 1.82) is 0 Å². The Bertz CT molecular complexity index is 350. The highest BCUT2D eigenvalue weighted by Gasteiger charge is 2.23. The topological polar surface area (TPSA) is 9.23 Å². The van der Waals surface area contributed by atoms with E-state index in [0.717, 1.165) is 12.2 Å². The molecule has 90 valence electrons. The van der Waals surface area contributed by atoms with Gasteiger partial charge in [0.1, 0.15) is 5.75 Å². The summed E-state index contributed by atoms with van der Waals surface area (Å²) < 4.78 is 5.66. The Balaban J connectivity index is 2.41. The number of hydrogen-bond acceptors (Lipinski definition) is 1. The van der Waals surface area contributed by atoms with Gasteiger partial charge in [0, 0.05) is 0 Å². The zero-order valence-electron chi connectivity index (χ0n) is 9.40. The summed E-state index contributed by atoms with van der Waals surface area (Å²) in [5.74, 6) is 0.922. The predicted molar refractivity (Wildman–Crippen MR) is 74.1 cm³/mol. The first-order chi connectivity index (χ1) is 7.40. The third-order valence-corrected chi connectivity index (χ3v) is 5.04. The molecule has 0 radical (unpaired) electrons. The molecule has 0 aromatic heterocycles. The summed E-state index contributed by atoms with van der Waals surface area (Å²) in [6, 6.07) is 4.18. The van der Waals surface area contributed by atoms with Crippen molar-refractivity contribution >= 4 is 39.2 Å². The number of halogens is 3. The summed E-state index contributed by atoms with van der Waals surface area (Å²) in [5, 5.41) is 0. The van der Waals surface area contributed by atoms with Gasteiger partial charge in [0.05, 0.1) is 6.61 Å². The van der Waals surface area contributed by atoms with Gasteiger partial charge in [-0.15, -0.1) is 33.2 Å². The summed E-state index contributed by atoms with van der Waals surface area (Å²) in [5.41, 5.74) is 2.40. The predicted octanol–water partition coefficient (Wildman–Crippen LogP) is 4.73. The van der Waals surface area contributed by atoms with Crippen molar-refractivity contribution in [2.24, 2.45) is 0 Å². The molecular formula is C11H15Cl3OSi. The highest BCUT2D eigenvalue weighted by molar-refractivity contribution is 7.64. The van der Waals surface area contributed by atoms with Crippen molar-refractivity contribution < 1.29 is 4.74 Å². The number of rotatable bonds is 5. The van der Waals surface area contributed by atoms with Crippen molar-refractivity contribution in [3.8, 4) is 5.75 Å². The van der Waals surface area contributed by atoms with Crippen molar-refractivity contribution in [2.75, 3.05) is 6.61 Å². The van der Waals surface area contributed by atoms with Crippen LogP contribution in [0.1, 0.15) is 17.5 Å². The fourth-order valence-electron chi connectivity index (χ4n) is 1.34. The van der Waals surface area contributed by atoms with Crippen LogP contribution in [0.3, 0.4) is 0 Å². The van der Waals surface area contributed by atoms with Crippen molar-refractivity contribution in [1.82, 2.24) is 0 Å². The van der Waals surface area contributed by atoms with Crippen LogP contribution in [-0.4, -0.2) is 12.6 Å². The van der Waals surface area contributed by atoms with E-state index < -0.39 is 6.00 Å². The van der Waals surface area contributed by atoms with Gasteiger partial charge in [-0.25, -0.2) is 0 Å². The minimum absolute atomic E-state index is 0.602. The molecular weight excluding hydrogens is 283 g/mol. The van der Waals surface area contributed by atoms with Gasteiger partial charge < -0.3 is 4.74 Å². The van der Waals surface area contributed by atoms with Gasteiger partial charge in [0.25, 0.3) is 0 Å². The van der Waals surface area contributed by atoms with Crippen LogP contribution >= 0.6 is 33.2 Å². The second-order valence-electron chi connectivity index (χ2n) is 3.77. The van der Waals surface area contributed by atoms with Gasteiger partial charge in [0.15, 0.2) is 0 Å². The summed E-state index contributed by atoms with van der Waals surface area (Å²) in [6.45, 7) is 4.72. The summed E-state index contributed by atoms with van der Waals surface area (Å²) in [4.78, 5) is 0. The van der Waals surface area contributed by atoms with Crippen molar-refractivity contribution in [3.63, 3.8) is 0 Å². The van der Waals surface area contributed by atoms with Gasteiger partial charge in [-0.1, -0.05) is 12.1 Å². The lowest BCUT2D eigenvalue weighted by molar-refractivity contribution is 0.315. The molecule has 0 aliphatic rings. The molecule has 16 heavy (non-hydrogen) atoms. The van der Waals surface area contributed by atoms with Gasteiger partial charge in [-0.3, -0.25) is 0 Å². The standard InChI is InChI=1S/C11H15Cl3OSi/c1-9-5-3-6-11(10(9)2)15-7-4-8-16(12,13)14/h3,5-6H,4,7-8H2,1-2H3. The first kappa shape index (κ1) is 14.2. The van der Waals surface area contributed by atoms with Crippen LogP contribution in [0.25, 0.3) is 0 Å². The van der Waals surface area contributed by atoms with E-state index in [9.17, 15) is 0 Å². The number of ether oxygens (including phenoxy) is 1. The van der Waals surface area contributed by atoms with E-state index in [-0.39, 0.29) is 0 Å². The average Bonchev–Trinajstić information content (AvgIpc) is 2.17. The second kappa shape index (κ2) is 6.15. The minimum Gasteiger partial charge on any atom is -0.493 e. The van der Waals surface area contributed by atoms with E-state index in [1.165, 1.54) is 11.1 Å². The molecule has 0 N–H and O–H groups in total. The maximum Gasteiger partial charge on any atom is 0.341 e. The monoisotopic (exact) mass is 296 g/mol. The van der Waals surface area contributed by atoms with Gasteiger partial charge in [-0.2, -0.15) is 0 Å². The second-order valence-corrected chi connectivity index (χ2v) is 13.0. The molecule has 0 fully saturated rings. The Hall–Kier alpha value is 0.107. The van der Waals surface area contributed by atoms with Crippen LogP contribution in [0.15, 0.2) is 18.2 Å². The Kier molecular flexibility index (Phi) is 5.45. The molecule has 0 aliphatic heterocycles. The summed E-state index contributed by atoms with van der Waals surface area (Å²) in [7, 11) is 0. The maximum absolute atomic E-state index is 5.79. The smallest absolute Gasteiger partial charge is 0.341 e. The normalized spacial score (nSPS) is 11.6. The van der Waals surface area contributed by atoms with Crippen LogP contribution in [0.5, 0.6) is 5.75 Å². The zero-order valence-corrected chi connectivity index (χ0v) is 12.7. The van der Waals surface area contributed by atoms with Crippen LogP contribution in [0.2, 0.25) is 6.04 Å². The van der Waals surface area contributed by atoms with Crippen molar-refractivity contribution in [2.45, 2.75) is 26.3 Å². The van der Waals surface area contributed by atoms with Crippen LogP contribution in [0, 0.1) is 13.8 Å². The Morgan fingerprint density at radius 3 is 2.50 bits per heavy atom. The van der Waals surface area contributed by atoms with E-state index in [4.69, 9.17) is 38.0 Å². The van der Waals surface area contributed by atoms with Crippen LogP contribution in [0.4, 0.5) is 0 Å². The molecule has 1 nitrogen and oxygen atoms in total. The lowest BCUT2D eigenvalue weighted by atomic mass is 10.1. The molecule has 0 spiro atoms. The number of aryl methyl sites for hydroxylation is 1. The molecule has 0 heterocycles. The lowest BCUT2D eigenvalue weighted by Gasteiger charge is -2.12. The fraction of sp³-hybridized carbons (Fsp3) is 0.455. The maximum atomic E-state index is 5.79. The summed E-state index contributed by atoms with van der Waals surface area (Å²) >= 11 is 17.4. The van der Waals surface area contributed by atoms with Gasteiger partial charge >= 0.3 is 6.00 Å². The molecule has 1 aromatic carbocycles. The molecule has 0 saturated heterocycles. The molecule has 0 saturated carbocycles. The van der Waals surface area contributed by atoms with E-state index in [1.807, 2.05) is 19.1 Å². The molecule has 1 aromatic rings. The Morgan fingerprint density at radius 2 is 1.88 bits per heavy atom. The largest absolute Gasteiger partial charge is 0.493 e. The average molecular weight is 298 g/mol. The summed E-state index contributed by atoms with van der Waals surface area (Å²) in [6.07, 6.45) is 0.788. The third-order valence-electron chi connectivity index (χ3n) is 2.42. The van der Waals surface area contributed by atoms with E-state index >= 15 is 0 Å². The number of hydrogen-bond donors (Lipinski definition) is 0. The van der Waals surface area contributed by atoms with E-state index in [1.54, 1.807) is 0 Å². The zero-order chi connectivity index (χ0) is 12.2. The quantitative estimate of drug-likeness (QED) is 0.434. The SMILES string of the molecule is Cc1cccc(OCCC[Si](Cl)(Cl)Cl)c1C. The van der Waals surface area contributed by atoms with Crippen molar-refractivity contribution in [3.05, 3.63) is 29.3 Å². The first-order valence-electron chi connectivity index (χ1n) is 5.16.